The summed E-state index contributed by atoms with van der Waals surface area (Å²) < 4.78 is 28.1. The Hall–Kier alpha value is -0.780. The Morgan fingerprint density at radius 1 is 1.29 bits per heavy atom. The first kappa shape index (κ1) is 12.7. The van der Waals surface area contributed by atoms with Crippen molar-refractivity contribution < 1.29 is 8.78 Å². The van der Waals surface area contributed by atoms with Crippen molar-refractivity contribution in [3.8, 4) is 0 Å². The van der Waals surface area contributed by atoms with Gasteiger partial charge in [0.05, 0.1) is 9.83 Å². The number of rotatable bonds is 2. The van der Waals surface area contributed by atoms with Crippen molar-refractivity contribution in [2.75, 3.05) is 0 Å². The van der Waals surface area contributed by atoms with Crippen molar-refractivity contribution in [1.82, 2.24) is 0 Å². The second kappa shape index (κ2) is 4.84. The number of aryl methyl sites for hydroxylation is 1. The van der Waals surface area contributed by atoms with Gasteiger partial charge in [0.15, 0.2) is 11.6 Å². The number of halogens is 3. The summed E-state index contributed by atoms with van der Waals surface area (Å²) in [6.45, 7) is 1.52. The summed E-state index contributed by atoms with van der Waals surface area (Å²) in [6.07, 6.45) is 0. The normalized spacial score (nSPS) is 12.8. The van der Waals surface area contributed by atoms with Crippen LogP contribution in [0.4, 0.5) is 8.78 Å². The van der Waals surface area contributed by atoms with Crippen molar-refractivity contribution in [1.29, 1.82) is 0 Å². The van der Waals surface area contributed by atoms with Gasteiger partial charge in [-0.15, -0.1) is 11.3 Å². The van der Waals surface area contributed by atoms with Gasteiger partial charge in [0.1, 0.15) is 0 Å². The quantitative estimate of drug-likeness (QED) is 0.884. The number of nitrogens with two attached hydrogens (primary N) is 1. The highest BCUT2D eigenvalue weighted by molar-refractivity contribution is 9.11. The zero-order valence-electron chi connectivity index (χ0n) is 9.01. The Bertz CT molecular complexity index is 553. The molecule has 1 unspecified atom stereocenters. The van der Waals surface area contributed by atoms with E-state index >= 15 is 0 Å². The van der Waals surface area contributed by atoms with E-state index in [0.717, 1.165) is 9.35 Å². The van der Waals surface area contributed by atoms with E-state index in [-0.39, 0.29) is 11.1 Å². The molecule has 0 aliphatic rings. The van der Waals surface area contributed by atoms with Crippen LogP contribution in [0.5, 0.6) is 0 Å². The third kappa shape index (κ3) is 2.41. The molecule has 2 N–H and O–H groups in total. The monoisotopic (exact) mass is 317 g/mol. The largest absolute Gasteiger partial charge is 0.320 e. The smallest absolute Gasteiger partial charge is 0.164 e. The van der Waals surface area contributed by atoms with Gasteiger partial charge in [0.2, 0.25) is 0 Å². The summed E-state index contributed by atoms with van der Waals surface area (Å²) in [7, 11) is 0. The van der Waals surface area contributed by atoms with Crippen LogP contribution < -0.4 is 5.73 Å². The molecule has 1 heterocycles. The zero-order chi connectivity index (χ0) is 12.6. The first-order chi connectivity index (χ1) is 8.00. The van der Waals surface area contributed by atoms with E-state index in [1.54, 1.807) is 0 Å². The van der Waals surface area contributed by atoms with Crippen LogP contribution in [0, 0.1) is 18.6 Å². The van der Waals surface area contributed by atoms with Gasteiger partial charge < -0.3 is 5.73 Å². The number of thiophene rings is 1. The highest BCUT2D eigenvalue weighted by Gasteiger charge is 2.18. The van der Waals surface area contributed by atoms with E-state index in [1.165, 1.54) is 30.4 Å². The fourth-order valence-corrected chi connectivity index (χ4v) is 2.78. The molecule has 2 rings (SSSR count). The predicted molar refractivity (Wildman–Crippen MR) is 69.1 cm³/mol. The summed E-state index contributed by atoms with van der Waals surface area (Å²) in [4.78, 5) is 0. The van der Waals surface area contributed by atoms with E-state index in [0.29, 0.717) is 0 Å². The van der Waals surface area contributed by atoms with Crippen LogP contribution in [0.2, 0.25) is 0 Å². The van der Waals surface area contributed by atoms with Crippen LogP contribution in [-0.2, 0) is 0 Å². The van der Waals surface area contributed by atoms with Crippen LogP contribution in [0.25, 0.3) is 0 Å². The van der Waals surface area contributed by atoms with E-state index in [4.69, 9.17) is 5.73 Å². The molecule has 1 aromatic carbocycles. The van der Waals surface area contributed by atoms with Gasteiger partial charge >= 0.3 is 0 Å². The Labute approximate surface area is 110 Å². The lowest BCUT2D eigenvalue weighted by molar-refractivity contribution is 0.489. The van der Waals surface area contributed by atoms with E-state index in [1.807, 2.05) is 11.4 Å². The van der Waals surface area contributed by atoms with Crippen molar-refractivity contribution in [2.45, 2.75) is 13.0 Å². The number of hydrogen-bond donors (Lipinski definition) is 1. The maximum absolute atomic E-state index is 13.7. The average molecular weight is 318 g/mol. The Kier molecular flexibility index (Phi) is 3.61. The van der Waals surface area contributed by atoms with Crippen LogP contribution in [-0.4, -0.2) is 0 Å². The molecule has 1 atom stereocenters. The summed E-state index contributed by atoms with van der Waals surface area (Å²) in [6, 6.07) is 4.23. The van der Waals surface area contributed by atoms with Gasteiger partial charge in [0.25, 0.3) is 0 Å². The standard InChI is InChI=1S/C12H10BrF2NS/c1-6-2-3-8(11(15)10(6)14)12(16)7-4-9(13)17-5-7/h2-5,12H,16H2,1H3. The summed E-state index contributed by atoms with van der Waals surface area (Å²) in [5, 5.41) is 1.83. The molecule has 90 valence electrons. The maximum Gasteiger partial charge on any atom is 0.164 e. The molecule has 0 amide bonds. The fourth-order valence-electron chi connectivity index (χ4n) is 1.57. The third-order valence-corrected chi connectivity index (χ3v) is 4.11. The van der Waals surface area contributed by atoms with E-state index in [2.05, 4.69) is 15.9 Å². The Balaban J connectivity index is 2.44. The van der Waals surface area contributed by atoms with Crippen molar-refractivity contribution in [3.63, 3.8) is 0 Å². The van der Waals surface area contributed by atoms with Gasteiger partial charge in [-0.3, -0.25) is 0 Å². The summed E-state index contributed by atoms with van der Waals surface area (Å²) >= 11 is 4.77. The fraction of sp³-hybridized carbons (Fsp3) is 0.167. The zero-order valence-corrected chi connectivity index (χ0v) is 11.4. The van der Waals surface area contributed by atoms with Crippen LogP contribution in [0.3, 0.4) is 0 Å². The van der Waals surface area contributed by atoms with Gasteiger partial charge in [0, 0.05) is 5.56 Å². The van der Waals surface area contributed by atoms with Gasteiger partial charge in [-0.05, 0) is 45.4 Å². The first-order valence-corrected chi connectivity index (χ1v) is 6.62. The minimum Gasteiger partial charge on any atom is -0.320 e. The SMILES string of the molecule is Cc1ccc(C(N)c2csc(Br)c2)c(F)c1F. The Morgan fingerprint density at radius 3 is 2.59 bits per heavy atom. The highest BCUT2D eigenvalue weighted by atomic mass is 79.9. The van der Waals surface area contributed by atoms with Crippen LogP contribution in [0.1, 0.15) is 22.7 Å². The molecule has 1 aromatic heterocycles. The molecule has 0 fully saturated rings. The van der Waals surface area contributed by atoms with Crippen molar-refractivity contribution in [2.24, 2.45) is 5.73 Å². The molecule has 17 heavy (non-hydrogen) atoms. The summed E-state index contributed by atoms with van der Waals surface area (Å²) in [5.74, 6) is -1.69. The highest BCUT2D eigenvalue weighted by Crippen LogP contribution is 2.30. The average Bonchev–Trinajstić information content (AvgIpc) is 2.72. The molecule has 2 aromatic rings. The lowest BCUT2D eigenvalue weighted by Crippen LogP contribution is -2.14. The minimum absolute atomic E-state index is 0.179. The molecule has 0 bridgehead atoms. The second-order valence-electron chi connectivity index (χ2n) is 3.76. The Morgan fingerprint density at radius 2 is 2.00 bits per heavy atom. The van der Waals surface area contributed by atoms with E-state index < -0.39 is 17.7 Å². The van der Waals surface area contributed by atoms with Gasteiger partial charge in [-0.25, -0.2) is 8.78 Å². The van der Waals surface area contributed by atoms with Gasteiger partial charge in [-0.1, -0.05) is 12.1 Å². The third-order valence-electron chi connectivity index (χ3n) is 2.59. The lowest BCUT2D eigenvalue weighted by atomic mass is 10.00. The van der Waals surface area contributed by atoms with Crippen LogP contribution in [0.15, 0.2) is 27.4 Å². The second-order valence-corrected chi connectivity index (χ2v) is 6.05. The predicted octanol–water partition coefficient (Wildman–Crippen LogP) is 4.15. The lowest BCUT2D eigenvalue weighted by Gasteiger charge is -2.12. The molecule has 0 aliphatic carbocycles. The molecular formula is C12H10BrF2NS. The summed E-state index contributed by atoms with van der Waals surface area (Å²) in [5.41, 5.74) is 7.16. The van der Waals surface area contributed by atoms with Crippen LogP contribution >= 0.6 is 27.3 Å². The van der Waals surface area contributed by atoms with Crippen molar-refractivity contribution in [3.05, 3.63) is 55.7 Å². The van der Waals surface area contributed by atoms with Gasteiger partial charge in [-0.2, -0.15) is 0 Å². The first-order valence-electron chi connectivity index (χ1n) is 4.94. The van der Waals surface area contributed by atoms with E-state index in [9.17, 15) is 8.78 Å². The molecule has 0 aliphatic heterocycles. The maximum atomic E-state index is 13.7. The molecule has 0 spiro atoms. The molecule has 0 saturated heterocycles. The minimum atomic E-state index is -0.861. The molecule has 1 nitrogen and oxygen atoms in total. The number of hydrogen-bond acceptors (Lipinski definition) is 2. The topological polar surface area (TPSA) is 26.0 Å². The van der Waals surface area contributed by atoms with Crippen molar-refractivity contribution >= 4 is 27.3 Å². The molecule has 0 saturated carbocycles. The number of benzene rings is 1. The molecule has 0 radical (unpaired) electrons. The molecule has 5 heteroatoms. The molecular weight excluding hydrogens is 308 g/mol.